The van der Waals surface area contributed by atoms with Gasteiger partial charge in [-0.15, -0.1) is 0 Å². The topological polar surface area (TPSA) is 67.2 Å². The number of hydrogen-bond donors (Lipinski definition) is 0. The minimum Gasteiger partial charge on any atom is -0.466 e. The van der Waals surface area contributed by atoms with Gasteiger partial charge in [-0.2, -0.15) is 5.26 Å². The van der Waals surface area contributed by atoms with Gasteiger partial charge >= 0.3 is 5.97 Å². The van der Waals surface area contributed by atoms with Crippen LogP contribution >= 0.6 is 0 Å². The number of ether oxygens (including phenoxy) is 1. The van der Waals surface area contributed by atoms with Crippen molar-refractivity contribution < 1.29 is 14.3 Å². The second-order valence-electron chi connectivity index (χ2n) is 2.02. The third kappa shape index (κ3) is 4.26. The summed E-state index contributed by atoms with van der Waals surface area (Å²) in [6, 6.07) is 1.76. The molecular formula is C8H9NO3. The van der Waals surface area contributed by atoms with Gasteiger partial charge in [0.05, 0.1) is 25.5 Å². The van der Waals surface area contributed by atoms with Crippen LogP contribution in [0.3, 0.4) is 0 Å². The molecule has 0 amide bonds. The molecule has 0 saturated heterocycles. The summed E-state index contributed by atoms with van der Waals surface area (Å²) in [4.78, 5) is 20.9. The van der Waals surface area contributed by atoms with Crippen molar-refractivity contribution in [3.05, 3.63) is 5.57 Å². The molecule has 0 aromatic heterocycles. The van der Waals surface area contributed by atoms with E-state index in [1.165, 1.54) is 5.94 Å². The monoisotopic (exact) mass is 167 g/mol. The van der Waals surface area contributed by atoms with Crippen molar-refractivity contribution in [1.82, 2.24) is 0 Å². The largest absolute Gasteiger partial charge is 0.466 e. The van der Waals surface area contributed by atoms with E-state index in [-0.39, 0.29) is 25.0 Å². The molecule has 4 heteroatoms. The first kappa shape index (κ1) is 10.4. The van der Waals surface area contributed by atoms with E-state index in [1.54, 1.807) is 13.0 Å². The molecule has 0 aliphatic rings. The molecule has 0 rings (SSSR count). The lowest BCUT2D eigenvalue weighted by Crippen LogP contribution is -2.05. The zero-order chi connectivity index (χ0) is 9.40. The van der Waals surface area contributed by atoms with Crippen molar-refractivity contribution in [3.63, 3.8) is 0 Å². The smallest absolute Gasteiger partial charge is 0.310 e. The number of esters is 1. The second kappa shape index (κ2) is 6.14. The van der Waals surface area contributed by atoms with Crippen LogP contribution in [-0.2, 0) is 14.3 Å². The zero-order valence-corrected chi connectivity index (χ0v) is 6.79. The van der Waals surface area contributed by atoms with E-state index in [4.69, 9.17) is 5.26 Å². The van der Waals surface area contributed by atoms with Crippen LogP contribution in [0.2, 0.25) is 0 Å². The molecule has 12 heavy (non-hydrogen) atoms. The minimum atomic E-state index is -0.494. The van der Waals surface area contributed by atoms with Crippen LogP contribution in [0, 0.1) is 11.3 Å². The van der Waals surface area contributed by atoms with Gasteiger partial charge in [-0.05, 0) is 6.92 Å². The molecule has 0 bridgehead atoms. The van der Waals surface area contributed by atoms with E-state index in [0.717, 1.165) is 0 Å². The predicted molar refractivity (Wildman–Crippen MR) is 40.7 cm³/mol. The van der Waals surface area contributed by atoms with Crippen LogP contribution in [-0.4, -0.2) is 18.5 Å². The van der Waals surface area contributed by atoms with E-state index >= 15 is 0 Å². The minimum absolute atomic E-state index is 0.0671. The Morgan fingerprint density at radius 2 is 2.25 bits per heavy atom. The second-order valence-corrected chi connectivity index (χ2v) is 2.02. The Morgan fingerprint density at radius 1 is 1.58 bits per heavy atom. The Balaban J connectivity index is 3.97. The number of carbonyl (C=O) groups is 1. The Morgan fingerprint density at radius 3 is 2.67 bits per heavy atom. The molecule has 0 atom stereocenters. The van der Waals surface area contributed by atoms with Crippen molar-refractivity contribution in [3.8, 4) is 6.07 Å². The first-order chi connectivity index (χ1) is 5.74. The summed E-state index contributed by atoms with van der Waals surface area (Å²) in [6.07, 6.45) is -0.201. The maximum Gasteiger partial charge on any atom is 0.310 e. The van der Waals surface area contributed by atoms with E-state index in [2.05, 4.69) is 4.74 Å². The van der Waals surface area contributed by atoms with Crippen LogP contribution in [0.25, 0.3) is 0 Å². The van der Waals surface area contributed by atoms with Crippen LogP contribution in [0.4, 0.5) is 0 Å². The highest BCUT2D eigenvalue weighted by molar-refractivity contribution is 5.76. The van der Waals surface area contributed by atoms with Crippen molar-refractivity contribution in [2.45, 2.75) is 19.8 Å². The lowest BCUT2D eigenvalue weighted by molar-refractivity contribution is -0.142. The number of nitriles is 1. The SMILES string of the molecule is CCOC(=O)CC(=C=O)CC#N. The van der Waals surface area contributed by atoms with E-state index in [0.29, 0.717) is 0 Å². The van der Waals surface area contributed by atoms with Gasteiger partial charge in [-0.3, -0.25) is 4.79 Å². The number of hydrogen-bond acceptors (Lipinski definition) is 4. The van der Waals surface area contributed by atoms with Gasteiger partial charge in [0.2, 0.25) is 0 Å². The van der Waals surface area contributed by atoms with Crippen LogP contribution in [0.15, 0.2) is 5.57 Å². The van der Waals surface area contributed by atoms with E-state index < -0.39 is 5.97 Å². The highest BCUT2D eigenvalue weighted by Gasteiger charge is 2.06. The molecule has 0 fully saturated rings. The average molecular weight is 167 g/mol. The molecule has 0 heterocycles. The lowest BCUT2D eigenvalue weighted by atomic mass is 10.1. The van der Waals surface area contributed by atoms with Gasteiger partial charge < -0.3 is 4.74 Å². The molecule has 4 nitrogen and oxygen atoms in total. The van der Waals surface area contributed by atoms with Crippen LogP contribution in [0.1, 0.15) is 19.8 Å². The van der Waals surface area contributed by atoms with E-state index in [1.807, 2.05) is 0 Å². The highest BCUT2D eigenvalue weighted by atomic mass is 16.5. The Labute approximate surface area is 70.4 Å². The van der Waals surface area contributed by atoms with E-state index in [9.17, 15) is 9.59 Å². The molecule has 0 aromatic rings. The molecule has 0 unspecified atom stereocenters. The summed E-state index contributed by atoms with van der Waals surface area (Å²) in [6.45, 7) is 1.95. The fraction of sp³-hybridized carbons (Fsp3) is 0.500. The molecule has 0 saturated carbocycles. The summed E-state index contributed by atoms with van der Waals surface area (Å²) in [5.41, 5.74) is 0.135. The molecule has 0 spiro atoms. The Hall–Kier alpha value is -1.59. The summed E-state index contributed by atoms with van der Waals surface area (Å²) in [7, 11) is 0. The normalized spacial score (nSPS) is 8.00. The van der Waals surface area contributed by atoms with Gasteiger partial charge in [-0.25, -0.2) is 4.79 Å². The molecule has 0 aliphatic heterocycles. The Bertz CT molecular complexity index is 246. The number of carbonyl (C=O) groups excluding carboxylic acids is 2. The molecule has 0 N–H and O–H groups in total. The van der Waals surface area contributed by atoms with Gasteiger partial charge in [0.15, 0.2) is 0 Å². The van der Waals surface area contributed by atoms with Gasteiger partial charge in [-0.1, -0.05) is 0 Å². The van der Waals surface area contributed by atoms with Gasteiger partial charge in [0.25, 0.3) is 0 Å². The first-order valence-electron chi connectivity index (χ1n) is 3.50. The average Bonchev–Trinajstić information content (AvgIpc) is 2.04. The quantitative estimate of drug-likeness (QED) is 0.454. The van der Waals surface area contributed by atoms with Crippen molar-refractivity contribution in [1.29, 1.82) is 5.26 Å². The molecule has 0 radical (unpaired) electrons. The zero-order valence-electron chi connectivity index (χ0n) is 6.79. The maximum absolute atomic E-state index is 10.8. The fourth-order valence-electron chi connectivity index (χ4n) is 0.616. The van der Waals surface area contributed by atoms with Crippen LogP contribution < -0.4 is 0 Å². The number of nitrogens with zero attached hydrogens (tertiary/aromatic N) is 1. The molecular weight excluding hydrogens is 158 g/mol. The summed E-state index contributed by atoms with van der Waals surface area (Å²) in [5.74, 6) is 1.04. The summed E-state index contributed by atoms with van der Waals surface area (Å²) in [5, 5.41) is 8.21. The van der Waals surface area contributed by atoms with Crippen LogP contribution in [0.5, 0.6) is 0 Å². The predicted octanol–water partition coefficient (Wildman–Crippen LogP) is 0.611. The molecule has 0 aliphatic carbocycles. The third-order valence-electron chi connectivity index (χ3n) is 1.10. The fourth-order valence-corrected chi connectivity index (χ4v) is 0.616. The molecule has 64 valence electrons. The summed E-state index contributed by atoms with van der Waals surface area (Å²) < 4.78 is 4.57. The standard InChI is InChI=1S/C8H9NO3/c1-2-12-8(11)5-7(6-10)3-4-9/h2-3,5H2,1H3. The van der Waals surface area contributed by atoms with Gasteiger partial charge in [0, 0.05) is 5.57 Å². The third-order valence-corrected chi connectivity index (χ3v) is 1.10. The molecule has 0 aromatic carbocycles. The van der Waals surface area contributed by atoms with Crippen molar-refractivity contribution in [2.24, 2.45) is 0 Å². The lowest BCUT2D eigenvalue weighted by Gasteiger charge is -1.98. The number of rotatable bonds is 4. The van der Waals surface area contributed by atoms with Crippen molar-refractivity contribution >= 4 is 11.9 Å². The maximum atomic E-state index is 10.8. The highest BCUT2D eigenvalue weighted by Crippen LogP contribution is 2.02. The Kier molecular flexibility index (Phi) is 5.33. The first-order valence-corrected chi connectivity index (χ1v) is 3.50. The summed E-state index contributed by atoms with van der Waals surface area (Å²) >= 11 is 0. The van der Waals surface area contributed by atoms with Crippen molar-refractivity contribution in [2.75, 3.05) is 6.61 Å². The van der Waals surface area contributed by atoms with Gasteiger partial charge in [0.1, 0.15) is 5.94 Å².